The molecule has 1 aliphatic heterocycles. The van der Waals surface area contributed by atoms with Crippen LogP contribution in [0.25, 0.3) is 0 Å². The molecule has 5 nitrogen and oxygen atoms in total. The van der Waals surface area contributed by atoms with Crippen molar-refractivity contribution in [3.63, 3.8) is 0 Å². The molecule has 1 atom stereocenters. The molecule has 3 amide bonds. The topological polar surface area (TPSA) is 73.2 Å². The molecule has 2 rings (SSSR count). The Balaban J connectivity index is 2.29. The van der Waals surface area contributed by atoms with E-state index in [4.69, 9.17) is 5.26 Å². The zero-order valence-corrected chi connectivity index (χ0v) is 9.30. The average Bonchev–Trinajstić information content (AvgIpc) is 2.28. The van der Waals surface area contributed by atoms with Crippen molar-refractivity contribution in [1.29, 1.82) is 5.26 Å². The van der Waals surface area contributed by atoms with Crippen LogP contribution in [0.15, 0.2) is 24.3 Å². The summed E-state index contributed by atoms with van der Waals surface area (Å²) in [5, 5.41) is 11.4. The van der Waals surface area contributed by atoms with E-state index >= 15 is 0 Å². The van der Waals surface area contributed by atoms with Gasteiger partial charge in [-0.15, -0.1) is 0 Å². The Hall–Kier alpha value is -2.35. The normalized spacial score (nSPS) is 19.8. The van der Waals surface area contributed by atoms with E-state index in [0.29, 0.717) is 11.3 Å². The van der Waals surface area contributed by atoms with Crippen molar-refractivity contribution in [3.05, 3.63) is 29.8 Å². The highest BCUT2D eigenvalue weighted by molar-refractivity contribution is 6.16. The Morgan fingerprint density at radius 2 is 2.00 bits per heavy atom. The molecule has 0 bridgehead atoms. The number of hydrogen-bond acceptors (Lipinski definition) is 3. The molecule has 5 heteroatoms. The Morgan fingerprint density at radius 1 is 1.35 bits per heavy atom. The molecule has 17 heavy (non-hydrogen) atoms. The van der Waals surface area contributed by atoms with Gasteiger partial charge in [0.05, 0.1) is 17.3 Å². The van der Waals surface area contributed by atoms with E-state index in [1.54, 1.807) is 31.2 Å². The van der Waals surface area contributed by atoms with E-state index in [-0.39, 0.29) is 18.4 Å². The fraction of sp³-hybridized carbons (Fsp3) is 0.250. The van der Waals surface area contributed by atoms with Crippen LogP contribution in [0.4, 0.5) is 10.5 Å². The van der Waals surface area contributed by atoms with E-state index in [9.17, 15) is 9.59 Å². The van der Waals surface area contributed by atoms with Crippen molar-refractivity contribution in [2.45, 2.75) is 19.4 Å². The SMILES string of the molecule is CC1CC(=O)N(c2ccc(C#N)cc2)C(=O)N1. The van der Waals surface area contributed by atoms with Gasteiger partial charge in [-0.3, -0.25) is 4.79 Å². The number of carbonyl (C=O) groups is 2. The van der Waals surface area contributed by atoms with Gasteiger partial charge in [-0.05, 0) is 31.2 Å². The second-order valence-electron chi connectivity index (χ2n) is 3.94. The third-order valence-electron chi connectivity index (χ3n) is 2.56. The number of urea groups is 1. The van der Waals surface area contributed by atoms with Crippen LogP contribution in [-0.2, 0) is 4.79 Å². The number of carbonyl (C=O) groups excluding carboxylic acids is 2. The maximum atomic E-state index is 11.8. The average molecular weight is 229 g/mol. The summed E-state index contributed by atoms with van der Waals surface area (Å²) in [7, 11) is 0. The molecule has 1 fully saturated rings. The van der Waals surface area contributed by atoms with Crippen LogP contribution in [0.1, 0.15) is 18.9 Å². The predicted octanol–water partition coefficient (Wildman–Crippen LogP) is 1.39. The highest BCUT2D eigenvalue weighted by Crippen LogP contribution is 2.19. The summed E-state index contributed by atoms with van der Waals surface area (Å²) in [5.74, 6) is -0.231. The van der Waals surface area contributed by atoms with Crippen LogP contribution in [0.5, 0.6) is 0 Å². The lowest BCUT2D eigenvalue weighted by molar-refractivity contribution is -0.118. The summed E-state index contributed by atoms with van der Waals surface area (Å²) in [6.07, 6.45) is 0.283. The molecule has 0 radical (unpaired) electrons. The second kappa shape index (κ2) is 4.26. The van der Waals surface area contributed by atoms with E-state index in [1.807, 2.05) is 6.07 Å². The van der Waals surface area contributed by atoms with Crippen LogP contribution in [0.2, 0.25) is 0 Å². The van der Waals surface area contributed by atoms with Crippen LogP contribution < -0.4 is 10.2 Å². The molecule has 1 N–H and O–H groups in total. The summed E-state index contributed by atoms with van der Waals surface area (Å²) >= 11 is 0. The van der Waals surface area contributed by atoms with Crippen LogP contribution in [0, 0.1) is 11.3 Å². The number of imide groups is 1. The molecule has 1 aliphatic rings. The second-order valence-corrected chi connectivity index (χ2v) is 3.94. The van der Waals surface area contributed by atoms with Gasteiger partial charge in [-0.25, -0.2) is 9.69 Å². The quantitative estimate of drug-likeness (QED) is 0.790. The number of rotatable bonds is 1. The van der Waals surface area contributed by atoms with Crippen molar-refractivity contribution in [2.75, 3.05) is 4.90 Å². The van der Waals surface area contributed by atoms with Gasteiger partial charge >= 0.3 is 6.03 Å². The van der Waals surface area contributed by atoms with Gasteiger partial charge in [0.1, 0.15) is 0 Å². The third-order valence-corrected chi connectivity index (χ3v) is 2.56. The maximum absolute atomic E-state index is 11.8. The molecule has 1 aromatic carbocycles. The minimum Gasteiger partial charge on any atom is -0.334 e. The van der Waals surface area contributed by atoms with Gasteiger partial charge in [0.25, 0.3) is 0 Å². The van der Waals surface area contributed by atoms with Crippen molar-refractivity contribution in [1.82, 2.24) is 5.32 Å². The summed E-state index contributed by atoms with van der Waals surface area (Å²) in [4.78, 5) is 24.6. The lowest BCUT2D eigenvalue weighted by atomic mass is 10.1. The van der Waals surface area contributed by atoms with Gasteiger partial charge in [-0.1, -0.05) is 0 Å². The van der Waals surface area contributed by atoms with E-state index in [0.717, 1.165) is 4.90 Å². The van der Waals surface area contributed by atoms with Crippen LogP contribution >= 0.6 is 0 Å². The lowest BCUT2D eigenvalue weighted by Crippen LogP contribution is -2.54. The fourth-order valence-electron chi connectivity index (χ4n) is 1.74. The zero-order valence-electron chi connectivity index (χ0n) is 9.30. The number of nitrogens with one attached hydrogen (secondary N) is 1. The Kier molecular flexibility index (Phi) is 2.79. The van der Waals surface area contributed by atoms with Gasteiger partial charge in [-0.2, -0.15) is 5.26 Å². The molecule has 86 valence electrons. The molecule has 0 spiro atoms. The highest BCUT2D eigenvalue weighted by atomic mass is 16.2. The van der Waals surface area contributed by atoms with E-state index < -0.39 is 6.03 Å². The first kappa shape index (κ1) is 11.1. The maximum Gasteiger partial charge on any atom is 0.328 e. The largest absolute Gasteiger partial charge is 0.334 e. The number of anilines is 1. The number of benzene rings is 1. The summed E-state index contributed by atoms with van der Waals surface area (Å²) in [6, 6.07) is 7.76. The minimum atomic E-state index is -0.418. The molecule has 1 unspecified atom stereocenters. The molecular weight excluding hydrogens is 218 g/mol. The monoisotopic (exact) mass is 229 g/mol. The first-order chi connectivity index (χ1) is 8.11. The van der Waals surface area contributed by atoms with Crippen molar-refractivity contribution >= 4 is 17.6 Å². The number of amides is 3. The number of hydrogen-bond donors (Lipinski definition) is 1. The number of nitrogens with zero attached hydrogens (tertiary/aromatic N) is 2. The first-order valence-electron chi connectivity index (χ1n) is 5.25. The lowest BCUT2D eigenvalue weighted by Gasteiger charge is -2.29. The third kappa shape index (κ3) is 2.11. The fourth-order valence-corrected chi connectivity index (χ4v) is 1.74. The van der Waals surface area contributed by atoms with Gasteiger partial charge in [0.2, 0.25) is 5.91 Å². The van der Waals surface area contributed by atoms with Crippen molar-refractivity contribution < 1.29 is 9.59 Å². The van der Waals surface area contributed by atoms with Gasteiger partial charge in [0.15, 0.2) is 0 Å². The Labute approximate surface area is 98.6 Å². The van der Waals surface area contributed by atoms with Gasteiger partial charge in [0, 0.05) is 12.5 Å². The molecule has 1 heterocycles. The zero-order chi connectivity index (χ0) is 12.4. The minimum absolute atomic E-state index is 0.135. The Morgan fingerprint density at radius 3 is 2.53 bits per heavy atom. The summed E-state index contributed by atoms with van der Waals surface area (Å²) in [5.41, 5.74) is 0.977. The predicted molar refractivity (Wildman–Crippen MR) is 61.3 cm³/mol. The highest BCUT2D eigenvalue weighted by Gasteiger charge is 2.30. The first-order valence-corrected chi connectivity index (χ1v) is 5.25. The van der Waals surface area contributed by atoms with Crippen molar-refractivity contribution in [2.24, 2.45) is 0 Å². The molecular formula is C12H11N3O2. The van der Waals surface area contributed by atoms with E-state index in [1.165, 1.54) is 0 Å². The molecule has 1 saturated heterocycles. The molecule has 0 saturated carbocycles. The summed E-state index contributed by atoms with van der Waals surface area (Å²) < 4.78 is 0. The molecule has 0 aromatic heterocycles. The molecule has 0 aliphatic carbocycles. The van der Waals surface area contributed by atoms with Crippen molar-refractivity contribution in [3.8, 4) is 6.07 Å². The van der Waals surface area contributed by atoms with E-state index in [2.05, 4.69) is 5.32 Å². The summed E-state index contributed by atoms with van der Waals surface area (Å²) in [6.45, 7) is 1.78. The Bertz CT molecular complexity index is 483. The van der Waals surface area contributed by atoms with Gasteiger partial charge < -0.3 is 5.32 Å². The number of nitriles is 1. The van der Waals surface area contributed by atoms with Crippen LogP contribution in [-0.4, -0.2) is 18.0 Å². The smallest absolute Gasteiger partial charge is 0.328 e. The van der Waals surface area contributed by atoms with Crippen LogP contribution in [0.3, 0.4) is 0 Å². The standard InChI is InChI=1S/C12H11N3O2/c1-8-6-11(16)15(12(17)14-8)10-4-2-9(7-13)3-5-10/h2-5,8H,6H2,1H3,(H,14,17). The molecule has 1 aromatic rings.